The predicted octanol–water partition coefficient (Wildman–Crippen LogP) is 2.11. The molecule has 0 saturated carbocycles. The number of hydrogen-bond donors (Lipinski definition) is 0. The minimum absolute atomic E-state index is 0.175. The van der Waals surface area contributed by atoms with Crippen LogP contribution < -0.4 is 16.0 Å². The molecule has 0 spiro atoms. The topological polar surface area (TPSA) is 75.5 Å². The van der Waals surface area contributed by atoms with Gasteiger partial charge < -0.3 is 4.74 Å². The molecule has 0 aliphatic rings. The Morgan fingerprint density at radius 2 is 1.96 bits per heavy atom. The second-order valence-electron chi connectivity index (χ2n) is 7.41. The first-order valence-corrected chi connectivity index (χ1v) is 9.17. The van der Waals surface area contributed by atoms with Crippen molar-refractivity contribution in [2.24, 2.45) is 13.0 Å². The average molecular weight is 381 g/mol. The zero-order chi connectivity index (χ0) is 20.2. The third kappa shape index (κ3) is 2.56. The molecule has 4 rings (SSSR count). The van der Waals surface area contributed by atoms with Gasteiger partial charge in [0.15, 0.2) is 11.2 Å². The number of imidazole rings is 2. The Labute approximate surface area is 161 Å². The fourth-order valence-corrected chi connectivity index (χ4v) is 3.61. The second kappa shape index (κ2) is 6.40. The van der Waals surface area contributed by atoms with E-state index in [0.717, 1.165) is 17.1 Å². The molecule has 3 aromatic heterocycles. The summed E-state index contributed by atoms with van der Waals surface area (Å²) in [5, 5.41) is 0. The highest BCUT2D eigenvalue weighted by atomic mass is 16.5. The summed E-state index contributed by atoms with van der Waals surface area (Å²) in [6, 6.07) is 7.63. The van der Waals surface area contributed by atoms with Crippen molar-refractivity contribution < 1.29 is 4.74 Å². The third-order valence-electron chi connectivity index (χ3n) is 4.89. The lowest BCUT2D eigenvalue weighted by atomic mass is 10.2. The molecule has 0 aliphatic carbocycles. The summed E-state index contributed by atoms with van der Waals surface area (Å²) in [6.45, 7) is 6.27. The molecule has 0 radical (unpaired) electrons. The number of aromatic nitrogens is 5. The summed E-state index contributed by atoms with van der Waals surface area (Å²) in [6.07, 6.45) is 1.87. The molecule has 4 aromatic rings. The molecule has 0 aliphatic heterocycles. The molecule has 0 atom stereocenters. The van der Waals surface area contributed by atoms with Crippen molar-refractivity contribution in [2.75, 3.05) is 7.11 Å². The fourth-order valence-electron chi connectivity index (χ4n) is 3.61. The Morgan fingerprint density at radius 1 is 1.21 bits per heavy atom. The molecule has 0 amide bonds. The summed E-state index contributed by atoms with van der Waals surface area (Å²) < 4.78 is 11.8. The molecule has 28 heavy (non-hydrogen) atoms. The Bertz CT molecular complexity index is 1320. The molecule has 0 unspecified atom stereocenters. The van der Waals surface area contributed by atoms with Crippen molar-refractivity contribution in [3.63, 3.8) is 0 Å². The largest absolute Gasteiger partial charge is 0.497 e. The summed E-state index contributed by atoms with van der Waals surface area (Å²) in [5.41, 5.74) is 1.90. The van der Waals surface area contributed by atoms with Gasteiger partial charge in [-0.15, -0.1) is 0 Å². The number of hydrogen-bond acceptors (Lipinski definition) is 4. The van der Waals surface area contributed by atoms with Gasteiger partial charge in [-0.3, -0.25) is 22.9 Å². The van der Waals surface area contributed by atoms with Crippen molar-refractivity contribution in [3.8, 4) is 11.4 Å². The van der Waals surface area contributed by atoms with E-state index in [2.05, 4.69) is 4.98 Å². The predicted molar refractivity (Wildman–Crippen MR) is 108 cm³/mol. The zero-order valence-electron chi connectivity index (χ0n) is 16.6. The number of aryl methyl sites for hydroxylation is 2. The van der Waals surface area contributed by atoms with Crippen LogP contribution in [0.5, 0.6) is 5.75 Å². The van der Waals surface area contributed by atoms with Gasteiger partial charge in [0.2, 0.25) is 5.78 Å². The molecule has 8 heteroatoms. The maximum absolute atomic E-state index is 13.1. The first-order valence-electron chi connectivity index (χ1n) is 9.17. The Kier molecular flexibility index (Phi) is 4.14. The van der Waals surface area contributed by atoms with Crippen LogP contribution in [0.15, 0.2) is 40.1 Å². The summed E-state index contributed by atoms with van der Waals surface area (Å²) in [5.74, 6) is 1.48. The van der Waals surface area contributed by atoms with Crippen LogP contribution in [0.25, 0.3) is 22.6 Å². The number of methoxy groups -OCH3 is 1. The van der Waals surface area contributed by atoms with Crippen molar-refractivity contribution in [3.05, 3.63) is 57.0 Å². The molecule has 0 saturated heterocycles. The standard InChI is InChI=1S/C20H23N5O3/c1-12(2)10-24-18(26)16-17(22(4)20(24)27)21-19-23(16)11-13(3)25(19)14-7-6-8-15(9-14)28-5/h6-9,11-12H,10H2,1-5H3. The highest BCUT2D eigenvalue weighted by molar-refractivity contribution is 5.76. The number of nitrogens with zero attached hydrogens (tertiary/aromatic N) is 5. The second-order valence-corrected chi connectivity index (χ2v) is 7.41. The normalized spacial score (nSPS) is 11.8. The van der Waals surface area contributed by atoms with E-state index < -0.39 is 0 Å². The molecule has 3 heterocycles. The van der Waals surface area contributed by atoms with Crippen LogP contribution in [0.3, 0.4) is 0 Å². The van der Waals surface area contributed by atoms with Crippen molar-refractivity contribution in [2.45, 2.75) is 27.3 Å². The van der Waals surface area contributed by atoms with E-state index in [1.807, 2.05) is 55.8 Å². The number of benzene rings is 1. The van der Waals surface area contributed by atoms with Crippen LogP contribution >= 0.6 is 0 Å². The molecule has 0 fully saturated rings. The number of rotatable bonds is 4. The summed E-state index contributed by atoms with van der Waals surface area (Å²) >= 11 is 0. The van der Waals surface area contributed by atoms with Gasteiger partial charge in [0.1, 0.15) is 5.75 Å². The lowest BCUT2D eigenvalue weighted by molar-refractivity contribution is 0.414. The van der Waals surface area contributed by atoms with Gasteiger partial charge in [0.05, 0.1) is 12.8 Å². The van der Waals surface area contributed by atoms with Crippen LogP contribution in [-0.2, 0) is 13.6 Å². The number of ether oxygens (including phenoxy) is 1. The monoisotopic (exact) mass is 381 g/mol. The molecule has 0 bridgehead atoms. The minimum Gasteiger partial charge on any atom is -0.497 e. The average Bonchev–Trinajstić information content (AvgIpc) is 3.17. The van der Waals surface area contributed by atoms with Gasteiger partial charge in [0.25, 0.3) is 5.56 Å². The van der Waals surface area contributed by atoms with E-state index in [1.54, 1.807) is 18.6 Å². The van der Waals surface area contributed by atoms with E-state index >= 15 is 0 Å². The molecule has 1 aromatic carbocycles. The van der Waals surface area contributed by atoms with Crippen molar-refractivity contribution in [1.29, 1.82) is 0 Å². The van der Waals surface area contributed by atoms with Crippen molar-refractivity contribution in [1.82, 2.24) is 23.1 Å². The van der Waals surface area contributed by atoms with E-state index in [0.29, 0.717) is 23.5 Å². The van der Waals surface area contributed by atoms with Gasteiger partial charge in [-0.2, -0.15) is 4.98 Å². The van der Waals surface area contributed by atoms with Crippen LogP contribution in [-0.4, -0.2) is 30.2 Å². The third-order valence-corrected chi connectivity index (χ3v) is 4.89. The van der Waals surface area contributed by atoms with Gasteiger partial charge in [-0.05, 0) is 25.0 Å². The highest BCUT2D eigenvalue weighted by Crippen LogP contribution is 2.23. The smallest absolute Gasteiger partial charge is 0.332 e. The minimum atomic E-state index is -0.350. The zero-order valence-corrected chi connectivity index (χ0v) is 16.6. The van der Waals surface area contributed by atoms with Crippen LogP contribution in [0.2, 0.25) is 0 Å². The Balaban J connectivity index is 2.09. The summed E-state index contributed by atoms with van der Waals surface area (Å²) in [7, 11) is 3.27. The maximum atomic E-state index is 13.1. The van der Waals surface area contributed by atoms with Gasteiger partial charge in [0, 0.05) is 31.5 Å². The van der Waals surface area contributed by atoms with Crippen molar-refractivity contribution >= 4 is 16.9 Å². The van der Waals surface area contributed by atoms with E-state index in [-0.39, 0.29) is 17.2 Å². The molecular weight excluding hydrogens is 358 g/mol. The first kappa shape index (κ1) is 18.1. The molecule has 146 valence electrons. The van der Waals surface area contributed by atoms with Crippen LogP contribution in [0, 0.1) is 12.8 Å². The highest BCUT2D eigenvalue weighted by Gasteiger charge is 2.21. The molecular formula is C20H23N5O3. The van der Waals surface area contributed by atoms with Gasteiger partial charge in [-0.25, -0.2) is 4.79 Å². The van der Waals surface area contributed by atoms with Crippen LogP contribution in [0.4, 0.5) is 0 Å². The number of fused-ring (bicyclic) bond motifs is 3. The van der Waals surface area contributed by atoms with E-state index in [9.17, 15) is 9.59 Å². The Morgan fingerprint density at radius 3 is 2.64 bits per heavy atom. The molecule has 8 nitrogen and oxygen atoms in total. The van der Waals surface area contributed by atoms with Crippen LogP contribution in [0.1, 0.15) is 19.5 Å². The lowest BCUT2D eigenvalue weighted by Crippen LogP contribution is -2.40. The Hall–Kier alpha value is -3.29. The maximum Gasteiger partial charge on any atom is 0.332 e. The quantitative estimate of drug-likeness (QED) is 0.543. The van der Waals surface area contributed by atoms with Gasteiger partial charge in [-0.1, -0.05) is 19.9 Å². The van der Waals surface area contributed by atoms with E-state index in [4.69, 9.17) is 4.74 Å². The molecule has 0 N–H and O–H groups in total. The fraction of sp³-hybridized carbons (Fsp3) is 0.350. The lowest BCUT2D eigenvalue weighted by Gasteiger charge is -2.10. The van der Waals surface area contributed by atoms with E-state index in [1.165, 1.54) is 9.13 Å². The SMILES string of the molecule is COc1cccc(-n2c(C)cn3c4c(=O)n(CC(C)C)c(=O)n(C)c4nc23)c1. The first-order chi connectivity index (χ1) is 13.3. The summed E-state index contributed by atoms with van der Waals surface area (Å²) in [4.78, 5) is 30.5. The van der Waals surface area contributed by atoms with Gasteiger partial charge >= 0.3 is 5.69 Å².